The highest BCUT2D eigenvalue weighted by Crippen LogP contribution is 2.61. The predicted octanol–water partition coefficient (Wildman–Crippen LogP) is 5.26. The summed E-state index contributed by atoms with van der Waals surface area (Å²) >= 11 is 12.1. The number of hydrogen-bond donors (Lipinski definition) is 1. The molecule has 2 heterocycles. The van der Waals surface area contributed by atoms with Gasteiger partial charge >= 0.3 is 12.1 Å². The number of carboxylic acid groups (broad SMARTS) is 1. The minimum Gasteiger partial charge on any atom is -0.481 e. The smallest absolute Gasteiger partial charge is 0.433 e. The molecule has 37 heavy (non-hydrogen) atoms. The standard InChI is InChI=1S/C24H25Cl2F3N4O4/c1-11(2)3-4-32(10-18(34)20-16(25)8-30-9-17(20)26)22(35)15-7-31-33(21(15)24(27,28)29)12-5-13-14(6-12)19(13)23(36)37/h7-9,11-14,19H,3-6,10H2,1-2H3,(H,36,37). The molecule has 200 valence electrons. The monoisotopic (exact) mass is 560 g/mol. The lowest BCUT2D eigenvalue weighted by Crippen LogP contribution is -2.38. The van der Waals surface area contributed by atoms with Crippen molar-refractivity contribution in [3.05, 3.63) is 45.5 Å². The second-order valence-corrected chi connectivity index (χ2v) is 10.8. The van der Waals surface area contributed by atoms with Gasteiger partial charge in [0.05, 0.1) is 45.9 Å². The Morgan fingerprint density at radius 2 is 1.73 bits per heavy atom. The Morgan fingerprint density at radius 1 is 1.14 bits per heavy atom. The molecule has 2 saturated carbocycles. The van der Waals surface area contributed by atoms with E-state index in [0.717, 1.165) is 15.8 Å². The maximum Gasteiger partial charge on any atom is 0.433 e. The molecule has 2 unspecified atom stereocenters. The normalized spacial score (nSPS) is 22.7. The molecule has 0 aliphatic heterocycles. The maximum atomic E-state index is 14.2. The molecule has 2 fully saturated rings. The van der Waals surface area contributed by atoms with Gasteiger partial charge in [-0.05, 0) is 37.0 Å². The van der Waals surface area contributed by atoms with Crippen molar-refractivity contribution in [2.45, 2.75) is 45.3 Å². The molecule has 0 radical (unpaired) electrons. The van der Waals surface area contributed by atoms with Crippen LogP contribution < -0.4 is 0 Å². The maximum absolute atomic E-state index is 14.2. The van der Waals surface area contributed by atoms with Crippen LogP contribution in [0.5, 0.6) is 0 Å². The number of ketones is 1. The summed E-state index contributed by atoms with van der Waals surface area (Å²) in [5.74, 6) is -3.38. The number of pyridine rings is 1. The SMILES string of the molecule is CC(C)CCN(CC(=O)c1c(Cl)cncc1Cl)C(=O)c1cnn(C2CC3C(C2)C3C(=O)O)c1C(F)(F)F. The fourth-order valence-corrected chi connectivity index (χ4v) is 5.80. The summed E-state index contributed by atoms with van der Waals surface area (Å²) in [4.78, 5) is 42.6. The van der Waals surface area contributed by atoms with E-state index >= 15 is 0 Å². The molecule has 8 nitrogen and oxygen atoms in total. The Labute approximate surface area is 220 Å². The van der Waals surface area contributed by atoms with Crippen LogP contribution in [0.3, 0.4) is 0 Å². The van der Waals surface area contributed by atoms with Crippen LogP contribution in [0.1, 0.15) is 65.6 Å². The number of aliphatic carboxylic acids is 1. The molecule has 2 aliphatic carbocycles. The van der Waals surface area contributed by atoms with Crippen LogP contribution in [-0.4, -0.2) is 55.5 Å². The second-order valence-electron chi connectivity index (χ2n) is 9.98. The van der Waals surface area contributed by atoms with E-state index in [1.807, 2.05) is 13.8 Å². The lowest BCUT2D eigenvalue weighted by molar-refractivity contribution is -0.146. The quantitative estimate of drug-likeness (QED) is 0.419. The number of fused-ring (bicyclic) bond motifs is 1. The molecule has 2 aromatic rings. The molecule has 1 amide bonds. The minimum absolute atomic E-state index is 0.0267. The third kappa shape index (κ3) is 5.47. The number of amides is 1. The van der Waals surface area contributed by atoms with E-state index in [1.54, 1.807) is 0 Å². The first-order valence-electron chi connectivity index (χ1n) is 11.8. The van der Waals surface area contributed by atoms with E-state index in [0.29, 0.717) is 6.42 Å². The van der Waals surface area contributed by atoms with E-state index in [4.69, 9.17) is 23.2 Å². The first-order valence-corrected chi connectivity index (χ1v) is 12.6. The lowest BCUT2D eigenvalue weighted by Gasteiger charge is -2.24. The number of carbonyl (C=O) groups excluding carboxylic acids is 2. The summed E-state index contributed by atoms with van der Waals surface area (Å²) in [6, 6.07) is -0.663. The number of hydrogen-bond acceptors (Lipinski definition) is 5. The topological polar surface area (TPSA) is 105 Å². The summed E-state index contributed by atoms with van der Waals surface area (Å²) in [6.45, 7) is 3.26. The van der Waals surface area contributed by atoms with Gasteiger partial charge in [-0.2, -0.15) is 18.3 Å². The highest BCUT2D eigenvalue weighted by atomic mass is 35.5. The number of aromatic nitrogens is 3. The number of nitrogens with zero attached hydrogens (tertiary/aromatic N) is 4. The molecule has 4 rings (SSSR count). The predicted molar refractivity (Wildman–Crippen MR) is 128 cm³/mol. The molecule has 2 aliphatic rings. The molecule has 13 heteroatoms. The van der Waals surface area contributed by atoms with E-state index in [1.165, 1.54) is 12.4 Å². The molecule has 0 bridgehead atoms. The average molecular weight is 561 g/mol. The van der Waals surface area contributed by atoms with Crippen LogP contribution >= 0.6 is 23.2 Å². The highest BCUT2D eigenvalue weighted by molar-refractivity contribution is 6.39. The van der Waals surface area contributed by atoms with Gasteiger partial charge < -0.3 is 10.0 Å². The van der Waals surface area contributed by atoms with Crippen molar-refractivity contribution in [2.24, 2.45) is 23.7 Å². The van der Waals surface area contributed by atoms with Crippen LogP contribution in [0.25, 0.3) is 0 Å². The van der Waals surface area contributed by atoms with Crippen molar-refractivity contribution in [3.63, 3.8) is 0 Å². The number of carbonyl (C=O) groups is 3. The number of alkyl halides is 3. The summed E-state index contributed by atoms with van der Waals surface area (Å²) in [7, 11) is 0. The molecular weight excluding hydrogens is 536 g/mol. The first kappa shape index (κ1) is 27.4. The number of halogens is 5. The molecule has 1 N–H and O–H groups in total. The van der Waals surface area contributed by atoms with E-state index in [-0.39, 0.29) is 52.7 Å². The van der Waals surface area contributed by atoms with Crippen LogP contribution in [0.4, 0.5) is 13.2 Å². The Kier molecular flexibility index (Phi) is 7.58. The largest absolute Gasteiger partial charge is 0.481 e. The molecule has 2 aromatic heterocycles. The van der Waals surface area contributed by atoms with Gasteiger partial charge in [0.15, 0.2) is 11.5 Å². The van der Waals surface area contributed by atoms with Crippen molar-refractivity contribution in [3.8, 4) is 0 Å². The van der Waals surface area contributed by atoms with Gasteiger partial charge in [0.2, 0.25) is 0 Å². The van der Waals surface area contributed by atoms with Gasteiger partial charge in [-0.3, -0.25) is 24.0 Å². The van der Waals surface area contributed by atoms with Gasteiger partial charge in [-0.15, -0.1) is 0 Å². The zero-order valence-electron chi connectivity index (χ0n) is 20.0. The van der Waals surface area contributed by atoms with Crippen molar-refractivity contribution < 1.29 is 32.7 Å². The molecule has 2 atom stereocenters. The Morgan fingerprint density at radius 3 is 2.24 bits per heavy atom. The Hall–Kier alpha value is -2.66. The van der Waals surface area contributed by atoms with Gasteiger partial charge in [-0.1, -0.05) is 37.0 Å². The van der Waals surface area contributed by atoms with Crippen molar-refractivity contribution in [1.82, 2.24) is 19.7 Å². The molecule has 0 saturated heterocycles. The van der Waals surface area contributed by atoms with Crippen molar-refractivity contribution in [1.29, 1.82) is 0 Å². The van der Waals surface area contributed by atoms with Gasteiger partial charge in [0.25, 0.3) is 5.91 Å². The Bertz CT molecular complexity index is 1200. The highest BCUT2D eigenvalue weighted by Gasteiger charge is 2.61. The third-order valence-corrected chi connectivity index (χ3v) is 7.65. The summed E-state index contributed by atoms with van der Waals surface area (Å²) in [6.07, 6.45) is -0.658. The fraction of sp³-hybridized carbons (Fsp3) is 0.542. The van der Waals surface area contributed by atoms with Gasteiger partial charge in [-0.25, -0.2) is 0 Å². The molecule has 0 aromatic carbocycles. The molecule has 0 spiro atoms. The van der Waals surface area contributed by atoms with Gasteiger partial charge in [0.1, 0.15) is 0 Å². The van der Waals surface area contributed by atoms with Crippen LogP contribution in [-0.2, 0) is 11.0 Å². The third-order valence-electron chi connectivity index (χ3n) is 7.08. The van der Waals surface area contributed by atoms with Crippen LogP contribution in [0.2, 0.25) is 10.0 Å². The van der Waals surface area contributed by atoms with Crippen molar-refractivity contribution in [2.75, 3.05) is 13.1 Å². The summed E-state index contributed by atoms with van der Waals surface area (Å²) < 4.78 is 43.5. The van der Waals surface area contributed by atoms with E-state index in [9.17, 15) is 32.7 Å². The molecular formula is C24H25Cl2F3N4O4. The lowest BCUT2D eigenvalue weighted by atomic mass is 10.1. The number of Topliss-reactive ketones (excluding diaryl/α,β-unsaturated/α-hetero) is 1. The van der Waals surface area contributed by atoms with Crippen LogP contribution in [0, 0.1) is 23.7 Å². The van der Waals surface area contributed by atoms with E-state index < -0.39 is 53.6 Å². The average Bonchev–Trinajstić information content (AvgIpc) is 3.11. The first-order chi connectivity index (χ1) is 17.3. The van der Waals surface area contributed by atoms with E-state index in [2.05, 4.69) is 10.1 Å². The Balaban J connectivity index is 1.63. The number of rotatable bonds is 9. The summed E-state index contributed by atoms with van der Waals surface area (Å²) in [5.41, 5.74) is -1.92. The van der Waals surface area contributed by atoms with Gasteiger partial charge in [0, 0.05) is 18.9 Å². The zero-order valence-corrected chi connectivity index (χ0v) is 21.5. The minimum atomic E-state index is -4.90. The fourth-order valence-electron chi connectivity index (χ4n) is 5.22. The second kappa shape index (κ2) is 10.2. The van der Waals surface area contributed by atoms with Crippen LogP contribution in [0.15, 0.2) is 18.6 Å². The van der Waals surface area contributed by atoms with Crippen molar-refractivity contribution >= 4 is 40.9 Å². The zero-order chi connectivity index (χ0) is 27.2. The summed E-state index contributed by atoms with van der Waals surface area (Å²) in [5, 5.41) is 13.1. The number of carboxylic acids is 1.